The fourth-order valence-corrected chi connectivity index (χ4v) is 3.64. The molecule has 1 atom stereocenters. The molecule has 136 valence electrons. The lowest BCUT2D eigenvalue weighted by atomic mass is 10.1. The molecule has 3 rings (SSSR count). The Bertz CT molecular complexity index is 896. The molecule has 0 spiro atoms. The van der Waals surface area contributed by atoms with E-state index >= 15 is 0 Å². The van der Waals surface area contributed by atoms with E-state index in [1.54, 1.807) is 35.4 Å². The van der Waals surface area contributed by atoms with Crippen LogP contribution in [0.4, 0.5) is 0 Å². The zero-order valence-corrected chi connectivity index (χ0v) is 16.1. The highest BCUT2D eigenvalue weighted by atomic mass is 32.1. The fraction of sp³-hybridized carbons (Fsp3) is 0.316. The van der Waals surface area contributed by atoms with Crippen molar-refractivity contribution < 1.29 is 9.53 Å². The Kier molecular flexibility index (Phi) is 5.49. The van der Waals surface area contributed by atoms with Crippen LogP contribution in [0.2, 0.25) is 0 Å². The second-order valence-corrected chi connectivity index (χ2v) is 7.31. The van der Waals surface area contributed by atoms with Crippen molar-refractivity contribution in [3.8, 4) is 10.6 Å². The van der Waals surface area contributed by atoms with Crippen molar-refractivity contribution in [2.75, 3.05) is 13.7 Å². The number of nitrogens with one attached hydrogen (secondary N) is 1. The standard InChI is InChI=1S/C19H22N4O2S/c1-12-13(2)26-19(21-12)15-7-5-6-14(10-15)18(24)22-16(11-25-4)17-8-9-20-23(17)3/h5-10,16H,11H2,1-4H3,(H,22,24)/t16-/m0/s1. The summed E-state index contributed by atoms with van der Waals surface area (Å²) in [7, 11) is 3.46. The smallest absolute Gasteiger partial charge is 0.251 e. The van der Waals surface area contributed by atoms with E-state index in [2.05, 4.69) is 22.3 Å². The number of thiazole rings is 1. The Hall–Kier alpha value is -2.51. The number of amides is 1. The Balaban J connectivity index is 1.83. The van der Waals surface area contributed by atoms with Crippen molar-refractivity contribution in [2.24, 2.45) is 7.05 Å². The van der Waals surface area contributed by atoms with Crippen molar-refractivity contribution in [2.45, 2.75) is 19.9 Å². The van der Waals surface area contributed by atoms with Crippen LogP contribution in [0.15, 0.2) is 36.5 Å². The zero-order chi connectivity index (χ0) is 18.7. The maximum absolute atomic E-state index is 12.8. The number of rotatable bonds is 6. The normalized spacial score (nSPS) is 12.2. The number of aromatic nitrogens is 3. The first kappa shape index (κ1) is 18.3. The number of benzene rings is 1. The quantitative estimate of drug-likeness (QED) is 0.723. The van der Waals surface area contributed by atoms with Gasteiger partial charge >= 0.3 is 0 Å². The van der Waals surface area contributed by atoms with Gasteiger partial charge in [-0.2, -0.15) is 5.10 Å². The summed E-state index contributed by atoms with van der Waals surface area (Å²) >= 11 is 1.64. The van der Waals surface area contributed by atoms with Gasteiger partial charge in [-0.15, -0.1) is 11.3 Å². The molecule has 0 aliphatic heterocycles. The van der Waals surface area contributed by atoms with E-state index in [1.807, 2.05) is 38.2 Å². The molecule has 0 bridgehead atoms. The molecule has 0 radical (unpaired) electrons. The van der Waals surface area contributed by atoms with Gasteiger partial charge in [0.2, 0.25) is 0 Å². The first-order valence-electron chi connectivity index (χ1n) is 8.31. The van der Waals surface area contributed by atoms with Gasteiger partial charge in [-0.3, -0.25) is 9.48 Å². The Morgan fingerprint density at radius 1 is 1.35 bits per heavy atom. The second kappa shape index (κ2) is 7.80. The molecule has 0 saturated heterocycles. The lowest BCUT2D eigenvalue weighted by Gasteiger charge is -2.18. The molecule has 0 aliphatic rings. The molecular formula is C19H22N4O2S. The average molecular weight is 370 g/mol. The number of carbonyl (C=O) groups excluding carboxylic acids is 1. The minimum Gasteiger partial charge on any atom is -0.382 e. The summed E-state index contributed by atoms with van der Waals surface area (Å²) in [6.45, 7) is 4.42. The molecule has 1 aromatic carbocycles. The van der Waals surface area contributed by atoms with Crippen LogP contribution in [-0.2, 0) is 11.8 Å². The molecule has 0 fully saturated rings. The molecule has 6 nitrogen and oxygen atoms in total. The van der Waals surface area contributed by atoms with E-state index in [0.29, 0.717) is 12.2 Å². The molecule has 3 aromatic rings. The fourth-order valence-electron chi connectivity index (χ4n) is 2.72. The number of ether oxygens (including phenoxy) is 1. The summed E-state index contributed by atoms with van der Waals surface area (Å²) in [6.07, 6.45) is 1.71. The summed E-state index contributed by atoms with van der Waals surface area (Å²) < 4.78 is 7.00. The summed E-state index contributed by atoms with van der Waals surface area (Å²) in [4.78, 5) is 18.5. The maximum atomic E-state index is 12.8. The molecule has 1 amide bonds. The van der Waals surface area contributed by atoms with Crippen molar-refractivity contribution in [1.82, 2.24) is 20.1 Å². The maximum Gasteiger partial charge on any atom is 0.251 e. The first-order chi connectivity index (χ1) is 12.5. The van der Waals surface area contributed by atoms with Crippen molar-refractivity contribution >= 4 is 17.2 Å². The SMILES string of the molecule is COC[C@H](NC(=O)c1cccc(-c2nc(C)c(C)s2)c1)c1ccnn1C. The van der Waals surface area contributed by atoms with Crippen molar-refractivity contribution in [1.29, 1.82) is 0 Å². The monoisotopic (exact) mass is 370 g/mol. The van der Waals surface area contributed by atoms with Crippen LogP contribution in [-0.4, -0.2) is 34.4 Å². The predicted molar refractivity (Wildman–Crippen MR) is 102 cm³/mol. The van der Waals surface area contributed by atoms with Gasteiger partial charge in [0, 0.05) is 36.4 Å². The highest BCUT2D eigenvalue weighted by Crippen LogP contribution is 2.28. The summed E-state index contributed by atoms with van der Waals surface area (Å²) in [5, 5.41) is 8.12. The largest absolute Gasteiger partial charge is 0.382 e. The lowest BCUT2D eigenvalue weighted by molar-refractivity contribution is 0.0892. The summed E-state index contributed by atoms with van der Waals surface area (Å²) in [5.41, 5.74) is 3.46. The van der Waals surface area contributed by atoms with Gasteiger partial charge in [-0.05, 0) is 32.0 Å². The average Bonchev–Trinajstić information content (AvgIpc) is 3.20. The first-order valence-corrected chi connectivity index (χ1v) is 9.13. The molecule has 0 aliphatic carbocycles. The van der Waals surface area contributed by atoms with E-state index < -0.39 is 0 Å². The zero-order valence-electron chi connectivity index (χ0n) is 15.3. The molecule has 1 N–H and O–H groups in total. The van der Waals surface area contributed by atoms with Gasteiger partial charge in [0.1, 0.15) is 5.01 Å². The molecular weight excluding hydrogens is 348 g/mol. The molecule has 2 heterocycles. The highest BCUT2D eigenvalue weighted by molar-refractivity contribution is 7.15. The second-order valence-electron chi connectivity index (χ2n) is 6.10. The van der Waals surface area contributed by atoms with E-state index in [0.717, 1.165) is 22.0 Å². The lowest BCUT2D eigenvalue weighted by Crippen LogP contribution is -2.32. The Morgan fingerprint density at radius 3 is 2.77 bits per heavy atom. The van der Waals surface area contributed by atoms with E-state index in [4.69, 9.17) is 4.74 Å². The minimum atomic E-state index is -0.270. The molecule has 26 heavy (non-hydrogen) atoms. The van der Waals surface area contributed by atoms with Crippen LogP contribution in [0.3, 0.4) is 0 Å². The third kappa shape index (κ3) is 3.84. The van der Waals surface area contributed by atoms with Crippen molar-refractivity contribution in [3.63, 3.8) is 0 Å². The predicted octanol–water partition coefficient (Wildman–Crippen LogP) is 3.28. The number of carbonyl (C=O) groups is 1. The van der Waals surface area contributed by atoms with E-state index in [1.165, 1.54) is 4.88 Å². The Labute approximate surface area is 156 Å². The van der Waals surface area contributed by atoms with Gasteiger partial charge in [0.15, 0.2) is 0 Å². The van der Waals surface area contributed by atoms with Crippen LogP contribution in [0.25, 0.3) is 10.6 Å². The van der Waals surface area contributed by atoms with Crippen LogP contribution in [0.1, 0.15) is 32.7 Å². The third-order valence-corrected chi connectivity index (χ3v) is 5.38. The highest BCUT2D eigenvalue weighted by Gasteiger charge is 2.19. The molecule has 0 saturated carbocycles. The van der Waals surface area contributed by atoms with Crippen molar-refractivity contribution in [3.05, 3.63) is 58.4 Å². The van der Waals surface area contributed by atoms with Crippen LogP contribution in [0, 0.1) is 13.8 Å². The van der Waals surface area contributed by atoms with Gasteiger partial charge in [-0.1, -0.05) is 12.1 Å². The number of methoxy groups -OCH3 is 1. The van der Waals surface area contributed by atoms with Crippen LogP contribution < -0.4 is 5.32 Å². The third-order valence-electron chi connectivity index (χ3n) is 4.25. The number of hydrogen-bond donors (Lipinski definition) is 1. The Morgan fingerprint density at radius 2 is 2.15 bits per heavy atom. The van der Waals surface area contributed by atoms with Gasteiger partial charge < -0.3 is 10.1 Å². The number of hydrogen-bond acceptors (Lipinski definition) is 5. The van der Waals surface area contributed by atoms with Gasteiger partial charge in [0.05, 0.1) is 24.0 Å². The summed E-state index contributed by atoms with van der Waals surface area (Å²) in [5.74, 6) is -0.153. The topological polar surface area (TPSA) is 69.0 Å². The number of aryl methyl sites for hydroxylation is 3. The van der Waals surface area contributed by atoms with Crippen LogP contribution in [0.5, 0.6) is 0 Å². The molecule has 2 aromatic heterocycles. The van der Waals surface area contributed by atoms with E-state index in [-0.39, 0.29) is 11.9 Å². The molecule has 0 unspecified atom stereocenters. The van der Waals surface area contributed by atoms with E-state index in [9.17, 15) is 4.79 Å². The van der Waals surface area contributed by atoms with Gasteiger partial charge in [-0.25, -0.2) is 4.98 Å². The minimum absolute atomic E-state index is 0.153. The summed E-state index contributed by atoms with van der Waals surface area (Å²) in [6, 6.07) is 9.14. The molecule has 7 heteroatoms. The van der Waals surface area contributed by atoms with Crippen LogP contribution >= 0.6 is 11.3 Å². The van der Waals surface area contributed by atoms with Gasteiger partial charge in [0.25, 0.3) is 5.91 Å². The number of nitrogens with zero attached hydrogens (tertiary/aromatic N) is 3.